The first-order valence-electron chi connectivity index (χ1n) is 5.49. The van der Waals surface area contributed by atoms with Crippen LogP contribution >= 0.6 is 38.6 Å². The summed E-state index contributed by atoms with van der Waals surface area (Å²) in [5.41, 5.74) is 1.81. The number of carbonyl (C=O) groups is 1. The van der Waals surface area contributed by atoms with Gasteiger partial charge < -0.3 is 4.74 Å². The summed E-state index contributed by atoms with van der Waals surface area (Å²) in [5, 5.41) is 4.94. The Hall–Kier alpha value is -0.720. The van der Waals surface area contributed by atoms with Crippen molar-refractivity contribution in [1.29, 1.82) is 0 Å². The highest BCUT2D eigenvalue weighted by Crippen LogP contribution is 2.21. The van der Waals surface area contributed by atoms with Crippen molar-refractivity contribution in [1.82, 2.24) is 4.98 Å². The molecule has 0 unspecified atom stereocenters. The van der Waals surface area contributed by atoms with E-state index in [1.165, 1.54) is 0 Å². The first-order chi connectivity index (χ1) is 8.67. The van der Waals surface area contributed by atoms with E-state index in [0.717, 1.165) is 26.5 Å². The lowest BCUT2D eigenvalue weighted by molar-refractivity contribution is -0.144. The molecule has 0 amide bonds. The van der Waals surface area contributed by atoms with Crippen LogP contribution in [0.15, 0.2) is 20.6 Å². The lowest BCUT2D eigenvalue weighted by Gasteiger charge is -2.01. The molecule has 0 aromatic carbocycles. The molecule has 0 radical (unpaired) electrons. The van der Waals surface area contributed by atoms with Crippen LogP contribution in [0.2, 0.25) is 0 Å². The Balaban J connectivity index is 1.81. The molecule has 2 aromatic rings. The Morgan fingerprint density at radius 3 is 2.89 bits per heavy atom. The summed E-state index contributed by atoms with van der Waals surface area (Å²) in [6.45, 7) is 2.38. The number of nitrogens with zero attached hydrogens (tertiary/aromatic N) is 1. The highest BCUT2D eigenvalue weighted by molar-refractivity contribution is 9.11. The smallest absolute Gasteiger partial charge is 0.312 e. The largest absolute Gasteiger partial charge is 0.460 e. The van der Waals surface area contributed by atoms with E-state index < -0.39 is 0 Å². The average Bonchev–Trinajstić information content (AvgIpc) is 2.95. The molecule has 0 aliphatic carbocycles. The standard InChI is InChI=1S/C12H12BrNO2S2/c1-2-11-14-9(7-18-11)4-12(15)16-5-8-3-10(13)17-6-8/h3,6-7H,2,4-5H2,1H3. The number of hydrogen-bond acceptors (Lipinski definition) is 5. The minimum absolute atomic E-state index is 0.231. The molecule has 2 rings (SSSR count). The number of aryl methyl sites for hydroxylation is 1. The highest BCUT2D eigenvalue weighted by atomic mass is 79.9. The fourth-order valence-electron chi connectivity index (χ4n) is 1.38. The maximum Gasteiger partial charge on any atom is 0.312 e. The van der Waals surface area contributed by atoms with Gasteiger partial charge in [-0.25, -0.2) is 4.98 Å². The Labute approximate surface area is 122 Å². The lowest BCUT2D eigenvalue weighted by atomic mass is 10.3. The van der Waals surface area contributed by atoms with Gasteiger partial charge >= 0.3 is 5.97 Å². The van der Waals surface area contributed by atoms with E-state index >= 15 is 0 Å². The zero-order valence-electron chi connectivity index (χ0n) is 9.81. The molecule has 18 heavy (non-hydrogen) atoms. The predicted octanol–water partition coefficient (Wildman–Crippen LogP) is 3.82. The number of thiophene rings is 1. The predicted molar refractivity (Wildman–Crippen MR) is 77.0 cm³/mol. The molecule has 0 saturated heterocycles. The average molecular weight is 346 g/mol. The zero-order chi connectivity index (χ0) is 13.0. The molecule has 0 N–H and O–H groups in total. The van der Waals surface area contributed by atoms with Gasteiger partial charge in [0.1, 0.15) is 6.61 Å². The minimum Gasteiger partial charge on any atom is -0.460 e. The van der Waals surface area contributed by atoms with E-state index in [9.17, 15) is 4.79 Å². The van der Waals surface area contributed by atoms with Gasteiger partial charge in [-0.1, -0.05) is 6.92 Å². The number of ether oxygens (including phenoxy) is 1. The van der Waals surface area contributed by atoms with Crippen molar-refractivity contribution < 1.29 is 9.53 Å². The third kappa shape index (κ3) is 3.90. The number of esters is 1. The van der Waals surface area contributed by atoms with Gasteiger partial charge in [0.05, 0.1) is 20.9 Å². The second kappa shape index (κ2) is 6.45. The van der Waals surface area contributed by atoms with Crippen molar-refractivity contribution in [2.24, 2.45) is 0 Å². The number of thiazole rings is 1. The van der Waals surface area contributed by atoms with Crippen LogP contribution < -0.4 is 0 Å². The van der Waals surface area contributed by atoms with Crippen molar-refractivity contribution in [3.8, 4) is 0 Å². The first-order valence-corrected chi connectivity index (χ1v) is 8.04. The van der Waals surface area contributed by atoms with Crippen LogP contribution in [-0.4, -0.2) is 11.0 Å². The summed E-state index contributed by atoms with van der Waals surface area (Å²) >= 11 is 6.54. The van der Waals surface area contributed by atoms with Gasteiger partial charge in [0.15, 0.2) is 0 Å². The SMILES string of the molecule is CCc1nc(CC(=O)OCc2csc(Br)c2)cs1. The molecule has 2 heterocycles. The van der Waals surface area contributed by atoms with Crippen LogP contribution in [0.3, 0.4) is 0 Å². The third-order valence-corrected chi connectivity index (χ3v) is 4.84. The summed E-state index contributed by atoms with van der Waals surface area (Å²) in [5.74, 6) is -0.231. The van der Waals surface area contributed by atoms with Crippen LogP contribution in [0.25, 0.3) is 0 Å². The maximum atomic E-state index is 11.6. The van der Waals surface area contributed by atoms with E-state index in [1.807, 2.05) is 16.8 Å². The first kappa shape index (κ1) is 13.7. The van der Waals surface area contributed by atoms with E-state index in [4.69, 9.17) is 4.74 Å². The second-order valence-corrected chi connectivity index (χ2v) is 6.92. The van der Waals surface area contributed by atoms with Crippen LogP contribution in [0.4, 0.5) is 0 Å². The molecular weight excluding hydrogens is 334 g/mol. The fraction of sp³-hybridized carbons (Fsp3) is 0.333. The lowest BCUT2D eigenvalue weighted by Crippen LogP contribution is -2.08. The summed E-state index contributed by atoms with van der Waals surface area (Å²) in [6, 6.07) is 1.95. The number of aromatic nitrogens is 1. The van der Waals surface area contributed by atoms with Gasteiger partial charge in [-0.2, -0.15) is 0 Å². The Bertz CT molecular complexity index is 536. The van der Waals surface area contributed by atoms with E-state index in [1.54, 1.807) is 22.7 Å². The number of carbonyl (C=O) groups excluding carboxylic acids is 1. The van der Waals surface area contributed by atoms with Gasteiger partial charge in [0.25, 0.3) is 0 Å². The molecule has 0 fully saturated rings. The van der Waals surface area contributed by atoms with Crippen molar-refractivity contribution in [3.63, 3.8) is 0 Å². The van der Waals surface area contributed by atoms with Crippen LogP contribution in [0.5, 0.6) is 0 Å². The Morgan fingerprint density at radius 1 is 1.44 bits per heavy atom. The summed E-state index contributed by atoms with van der Waals surface area (Å²) in [7, 11) is 0. The summed E-state index contributed by atoms with van der Waals surface area (Å²) < 4.78 is 6.24. The van der Waals surface area contributed by atoms with Crippen LogP contribution in [-0.2, 0) is 29.0 Å². The van der Waals surface area contributed by atoms with Crippen molar-refractivity contribution in [3.05, 3.63) is 36.9 Å². The minimum atomic E-state index is -0.231. The molecule has 2 aromatic heterocycles. The second-order valence-electron chi connectivity index (χ2n) is 3.68. The molecule has 0 saturated carbocycles. The van der Waals surface area contributed by atoms with Gasteiger partial charge in [-0.3, -0.25) is 4.79 Å². The van der Waals surface area contributed by atoms with Crippen LogP contribution in [0.1, 0.15) is 23.2 Å². The molecule has 3 nitrogen and oxygen atoms in total. The molecule has 0 spiro atoms. The zero-order valence-corrected chi connectivity index (χ0v) is 13.0. The molecule has 0 aliphatic heterocycles. The Morgan fingerprint density at radius 2 is 2.28 bits per heavy atom. The van der Waals surface area contributed by atoms with E-state index in [2.05, 4.69) is 27.8 Å². The summed E-state index contributed by atoms with van der Waals surface area (Å²) in [6.07, 6.45) is 1.16. The van der Waals surface area contributed by atoms with Crippen molar-refractivity contribution >= 4 is 44.6 Å². The third-order valence-electron chi connectivity index (χ3n) is 2.25. The normalized spacial score (nSPS) is 10.6. The van der Waals surface area contributed by atoms with E-state index in [-0.39, 0.29) is 12.4 Å². The van der Waals surface area contributed by atoms with Gasteiger partial charge in [0.2, 0.25) is 0 Å². The molecule has 0 bridgehead atoms. The van der Waals surface area contributed by atoms with Gasteiger partial charge in [-0.05, 0) is 33.8 Å². The maximum absolute atomic E-state index is 11.6. The monoisotopic (exact) mass is 345 g/mol. The molecule has 96 valence electrons. The molecule has 0 aliphatic rings. The number of rotatable bonds is 5. The van der Waals surface area contributed by atoms with Crippen molar-refractivity contribution in [2.75, 3.05) is 0 Å². The topological polar surface area (TPSA) is 39.2 Å². The molecular formula is C12H12BrNO2S2. The highest BCUT2D eigenvalue weighted by Gasteiger charge is 2.09. The van der Waals surface area contributed by atoms with Gasteiger partial charge in [-0.15, -0.1) is 22.7 Å². The molecule has 0 atom stereocenters. The Kier molecular flexibility index (Phi) is 4.91. The summed E-state index contributed by atoms with van der Waals surface area (Å²) in [4.78, 5) is 16.0. The van der Waals surface area contributed by atoms with Crippen LogP contribution in [0, 0.1) is 0 Å². The number of hydrogen-bond donors (Lipinski definition) is 0. The van der Waals surface area contributed by atoms with Gasteiger partial charge in [0, 0.05) is 10.9 Å². The number of halogens is 1. The van der Waals surface area contributed by atoms with Crippen molar-refractivity contribution in [2.45, 2.75) is 26.4 Å². The van der Waals surface area contributed by atoms with E-state index in [0.29, 0.717) is 6.61 Å². The molecule has 6 heteroatoms. The quantitative estimate of drug-likeness (QED) is 0.773. The fourth-order valence-corrected chi connectivity index (χ4v) is 3.32.